The average Bonchev–Trinajstić information content (AvgIpc) is 2.25. The summed E-state index contributed by atoms with van der Waals surface area (Å²) < 4.78 is 24.9. The quantitative estimate of drug-likeness (QED) is 0.822. The summed E-state index contributed by atoms with van der Waals surface area (Å²) >= 11 is 3.25. The Kier molecular flexibility index (Phi) is 3.59. The van der Waals surface area contributed by atoms with E-state index in [2.05, 4.69) is 15.9 Å². The first-order valence-electron chi connectivity index (χ1n) is 4.99. The van der Waals surface area contributed by atoms with Crippen molar-refractivity contribution in [3.63, 3.8) is 0 Å². The van der Waals surface area contributed by atoms with Crippen molar-refractivity contribution in [1.29, 1.82) is 0 Å². The molecule has 15 heavy (non-hydrogen) atoms. The fourth-order valence-electron chi connectivity index (χ4n) is 1.53. The number of benzene rings is 1. The van der Waals surface area contributed by atoms with Crippen LogP contribution in [0.25, 0.3) is 0 Å². The highest BCUT2D eigenvalue weighted by Crippen LogP contribution is 2.30. The third-order valence-electron chi connectivity index (χ3n) is 2.31. The average molecular weight is 275 g/mol. The lowest BCUT2D eigenvalue weighted by Gasteiger charge is -2.24. The molecule has 1 aromatic carbocycles. The van der Waals surface area contributed by atoms with Crippen molar-refractivity contribution in [2.45, 2.75) is 25.6 Å². The van der Waals surface area contributed by atoms with E-state index >= 15 is 0 Å². The van der Waals surface area contributed by atoms with Crippen LogP contribution in [0.3, 0.4) is 0 Å². The van der Waals surface area contributed by atoms with E-state index in [0.29, 0.717) is 11.1 Å². The Labute approximate surface area is 96.5 Å². The zero-order chi connectivity index (χ0) is 10.7. The first-order chi connectivity index (χ1) is 7.27. The third kappa shape index (κ3) is 2.69. The molecule has 0 amide bonds. The van der Waals surface area contributed by atoms with E-state index in [-0.39, 0.29) is 17.9 Å². The van der Waals surface area contributed by atoms with Gasteiger partial charge in [0.2, 0.25) is 0 Å². The standard InChI is InChI=1S/C11H12BrFO2/c12-8-4-3-5-9(13)11(8)15-10-6-1-2-7-14-10/h3-5,10H,1-2,6-7H2. The predicted octanol–water partition coefficient (Wildman–Crippen LogP) is 3.49. The molecule has 1 aromatic rings. The fourth-order valence-corrected chi connectivity index (χ4v) is 1.97. The minimum atomic E-state index is -0.362. The van der Waals surface area contributed by atoms with Crippen molar-refractivity contribution in [3.8, 4) is 5.75 Å². The second-order valence-electron chi connectivity index (χ2n) is 3.46. The van der Waals surface area contributed by atoms with Crippen LogP contribution in [0.4, 0.5) is 4.39 Å². The first kappa shape index (κ1) is 10.9. The Hall–Kier alpha value is -0.610. The largest absolute Gasteiger partial charge is 0.461 e. The van der Waals surface area contributed by atoms with Gasteiger partial charge < -0.3 is 9.47 Å². The van der Waals surface area contributed by atoms with Gasteiger partial charge in [0.05, 0.1) is 11.1 Å². The van der Waals surface area contributed by atoms with Gasteiger partial charge in [-0.15, -0.1) is 0 Å². The highest BCUT2D eigenvalue weighted by Gasteiger charge is 2.18. The molecule has 1 aliphatic rings. The van der Waals surface area contributed by atoms with Gasteiger partial charge in [-0.2, -0.15) is 0 Å². The normalized spacial score (nSPS) is 21.3. The summed E-state index contributed by atoms with van der Waals surface area (Å²) in [6, 6.07) is 4.76. The van der Waals surface area contributed by atoms with Gasteiger partial charge in [-0.1, -0.05) is 6.07 Å². The summed E-state index contributed by atoms with van der Waals surface area (Å²) in [5.74, 6) is -0.122. The van der Waals surface area contributed by atoms with Gasteiger partial charge in [0, 0.05) is 6.42 Å². The van der Waals surface area contributed by atoms with Gasteiger partial charge in [-0.3, -0.25) is 0 Å². The molecular formula is C11H12BrFO2. The van der Waals surface area contributed by atoms with Crippen molar-refractivity contribution in [1.82, 2.24) is 0 Å². The number of para-hydroxylation sites is 1. The maximum Gasteiger partial charge on any atom is 0.200 e. The van der Waals surface area contributed by atoms with E-state index in [1.165, 1.54) is 6.07 Å². The maximum atomic E-state index is 13.4. The van der Waals surface area contributed by atoms with Crippen molar-refractivity contribution < 1.29 is 13.9 Å². The number of halogens is 2. The zero-order valence-corrected chi connectivity index (χ0v) is 9.80. The molecule has 0 radical (unpaired) electrons. The summed E-state index contributed by atoms with van der Waals surface area (Å²) in [7, 11) is 0. The summed E-state index contributed by atoms with van der Waals surface area (Å²) in [6.45, 7) is 0.691. The Morgan fingerprint density at radius 2 is 2.27 bits per heavy atom. The molecule has 1 unspecified atom stereocenters. The van der Waals surface area contributed by atoms with Crippen LogP contribution in [0, 0.1) is 5.82 Å². The molecular weight excluding hydrogens is 263 g/mol. The smallest absolute Gasteiger partial charge is 0.200 e. The van der Waals surface area contributed by atoms with E-state index in [1.54, 1.807) is 12.1 Å². The molecule has 2 rings (SSSR count). The summed E-state index contributed by atoms with van der Waals surface area (Å²) in [5.41, 5.74) is 0. The molecule has 0 aliphatic carbocycles. The lowest BCUT2D eigenvalue weighted by molar-refractivity contribution is -0.107. The molecule has 1 atom stereocenters. The Morgan fingerprint density at radius 1 is 1.40 bits per heavy atom. The molecule has 1 saturated heterocycles. The molecule has 0 saturated carbocycles. The van der Waals surface area contributed by atoms with Crippen molar-refractivity contribution in [2.75, 3.05) is 6.61 Å². The van der Waals surface area contributed by atoms with E-state index < -0.39 is 0 Å². The van der Waals surface area contributed by atoms with Gasteiger partial charge in [0.25, 0.3) is 0 Å². The summed E-state index contributed by atoms with van der Waals surface area (Å²) in [4.78, 5) is 0. The molecule has 0 aromatic heterocycles. The minimum Gasteiger partial charge on any atom is -0.461 e. The predicted molar refractivity (Wildman–Crippen MR) is 58.3 cm³/mol. The monoisotopic (exact) mass is 274 g/mol. The number of hydrogen-bond acceptors (Lipinski definition) is 2. The molecule has 1 heterocycles. The van der Waals surface area contributed by atoms with E-state index in [0.717, 1.165) is 19.3 Å². The Morgan fingerprint density at radius 3 is 2.93 bits per heavy atom. The van der Waals surface area contributed by atoms with E-state index in [4.69, 9.17) is 9.47 Å². The highest BCUT2D eigenvalue weighted by molar-refractivity contribution is 9.10. The molecule has 1 aliphatic heterocycles. The SMILES string of the molecule is Fc1cccc(Br)c1OC1CCCCO1. The van der Waals surface area contributed by atoms with Gasteiger partial charge in [-0.25, -0.2) is 4.39 Å². The second-order valence-corrected chi connectivity index (χ2v) is 4.32. The fraction of sp³-hybridized carbons (Fsp3) is 0.455. The summed E-state index contributed by atoms with van der Waals surface area (Å²) in [5, 5.41) is 0. The number of hydrogen-bond donors (Lipinski definition) is 0. The minimum absolute atomic E-state index is 0.240. The topological polar surface area (TPSA) is 18.5 Å². The molecule has 2 nitrogen and oxygen atoms in total. The van der Waals surface area contributed by atoms with Crippen LogP contribution >= 0.6 is 15.9 Å². The van der Waals surface area contributed by atoms with Crippen LogP contribution in [0.15, 0.2) is 22.7 Å². The molecule has 0 N–H and O–H groups in total. The van der Waals surface area contributed by atoms with Crippen molar-refractivity contribution in [2.24, 2.45) is 0 Å². The number of ether oxygens (including phenoxy) is 2. The lowest BCUT2D eigenvalue weighted by Crippen LogP contribution is -2.25. The molecule has 82 valence electrons. The van der Waals surface area contributed by atoms with Crippen LogP contribution in [0.1, 0.15) is 19.3 Å². The maximum absolute atomic E-state index is 13.4. The zero-order valence-electron chi connectivity index (χ0n) is 8.21. The van der Waals surface area contributed by atoms with Crippen molar-refractivity contribution >= 4 is 15.9 Å². The molecule has 0 spiro atoms. The van der Waals surface area contributed by atoms with E-state index in [9.17, 15) is 4.39 Å². The number of rotatable bonds is 2. The first-order valence-corrected chi connectivity index (χ1v) is 5.79. The Balaban J connectivity index is 2.09. The van der Waals surface area contributed by atoms with Crippen LogP contribution in [-0.4, -0.2) is 12.9 Å². The summed E-state index contributed by atoms with van der Waals surface area (Å²) in [6.07, 6.45) is 2.63. The van der Waals surface area contributed by atoms with Crippen LogP contribution < -0.4 is 4.74 Å². The van der Waals surface area contributed by atoms with Crippen molar-refractivity contribution in [3.05, 3.63) is 28.5 Å². The second kappa shape index (κ2) is 4.94. The van der Waals surface area contributed by atoms with E-state index in [1.807, 2.05) is 0 Å². The Bertz CT molecular complexity index is 317. The molecule has 4 heteroatoms. The van der Waals surface area contributed by atoms with Gasteiger partial charge in [0.1, 0.15) is 0 Å². The third-order valence-corrected chi connectivity index (χ3v) is 2.93. The molecule has 0 bridgehead atoms. The van der Waals surface area contributed by atoms with Gasteiger partial charge in [0.15, 0.2) is 17.9 Å². The molecule has 1 fully saturated rings. The highest BCUT2D eigenvalue weighted by atomic mass is 79.9. The van der Waals surface area contributed by atoms with Crippen LogP contribution in [0.5, 0.6) is 5.75 Å². The van der Waals surface area contributed by atoms with Gasteiger partial charge >= 0.3 is 0 Å². The van der Waals surface area contributed by atoms with Gasteiger partial charge in [-0.05, 0) is 40.9 Å². The lowest BCUT2D eigenvalue weighted by atomic mass is 10.2. The van der Waals surface area contributed by atoms with Crippen LogP contribution in [0.2, 0.25) is 0 Å². The van der Waals surface area contributed by atoms with Crippen LogP contribution in [-0.2, 0) is 4.74 Å².